The van der Waals surface area contributed by atoms with Crippen molar-refractivity contribution in [1.29, 1.82) is 0 Å². The lowest BCUT2D eigenvalue weighted by Gasteiger charge is -2.65. The van der Waals surface area contributed by atoms with E-state index >= 15 is 0 Å². The van der Waals surface area contributed by atoms with Gasteiger partial charge in [-0.25, -0.2) is 0 Å². The van der Waals surface area contributed by atoms with E-state index in [0.29, 0.717) is 11.1 Å². The Hall–Kier alpha value is -1.78. The Balaban J connectivity index is 1.61. The first-order valence-electron chi connectivity index (χ1n) is 10.7. The molecular formula is C22H26O9. The number of carbonyl (C=O) groups excluding carboxylic acids is 2. The zero-order valence-electron chi connectivity index (χ0n) is 17.5. The van der Waals surface area contributed by atoms with E-state index in [1.807, 2.05) is 0 Å². The molecule has 0 aromatic rings. The predicted octanol–water partition coefficient (Wildman–Crippen LogP) is -0.0722. The van der Waals surface area contributed by atoms with Crippen molar-refractivity contribution < 1.29 is 43.9 Å². The largest absolute Gasteiger partial charge is 0.461 e. The number of rotatable bonds is 1. The number of fused-ring (bicyclic) bond motifs is 3. The van der Waals surface area contributed by atoms with Gasteiger partial charge in [-0.3, -0.25) is 9.59 Å². The molecule has 2 spiro atoms. The van der Waals surface area contributed by atoms with E-state index in [0.717, 1.165) is 0 Å². The Labute approximate surface area is 178 Å². The van der Waals surface area contributed by atoms with Crippen LogP contribution >= 0.6 is 0 Å². The molecule has 31 heavy (non-hydrogen) atoms. The van der Waals surface area contributed by atoms with E-state index < -0.39 is 76.7 Å². The highest BCUT2D eigenvalue weighted by atomic mass is 16.7. The minimum absolute atomic E-state index is 0.0991. The molecule has 0 aromatic carbocycles. The van der Waals surface area contributed by atoms with Crippen molar-refractivity contribution >= 4 is 11.9 Å². The third-order valence-corrected chi connectivity index (χ3v) is 8.70. The van der Waals surface area contributed by atoms with Crippen molar-refractivity contribution in [1.82, 2.24) is 0 Å². The first kappa shape index (κ1) is 19.9. The Morgan fingerprint density at radius 3 is 2.74 bits per heavy atom. The average molecular weight is 434 g/mol. The van der Waals surface area contributed by atoms with Crippen LogP contribution in [0.5, 0.6) is 0 Å². The molecule has 6 rings (SSSR count). The van der Waals surface area contributed by atoms with Gasteiger partial charge in [-0.1, -0.05) is 6.58 Å². The number of aliphatic hydroxyl groups is 3. The Morgan fingerprint density at radius 2 is 2.06 bits per heavy atom. The summed E-state index contributed by atoms with van der Waals surface area (Å²) in [5, 5.41) is 33.2. The van der Waals surface area contributed by atoms with Gasteiger partial charge in [-0.05, 0) is 37.5 Å². The highest BCUT2D eigenvalue weighted by Crippen LogP contribution is 2.79. The number of esters is 2. The highest BCUT2D eigenvalue weighted by Gasteiger charge is 2.92. The monoisotopic (exact) mass is 434 g/mol. The molecule has 168 valence electrons. The third kappa shape index (κ3) is 1.89. The second kappa shape index (κ2) is 5.40. The van der Waals surface area contributed by atoms with Crippen molar-refractivity contribution in [2.75, 3.05) is 0 Å². The summed E-state index contributed by atoms with van der Waals surface area (Å²) >= 11 is 0. The summed E-state index contributed by atoms with van der Waals surface area (Å²) in [6.45, 7) is 8.52. The van der Waals surface area contributed by atoms with Crippen LogP contribution in [0.3, 0.4) is 0 Å². The van der Waals surface area contributed by atoms with Gasteiger partial charge in [0, 0.05) is 31.1 Å². The minimum atomic E-state index is -1.94. The van der Waals surface area contributed by atoms with Gasteiger partial charge in [0.2, 0.25) is 5.79 Å². The van der Waals surface area contributed by atoms with Crippen molar-refractivity contribution in [3.8, 4) is 0 Å². The highest BCUT2D eigenvalue weighted by molar-refractivity contribution is 5.87. The standard InChI is InChI=1S/C22H26O9/c1-8-6-20-15-14-12(7-19(15,4)26)29-18(25)21(14,20)13(28-10(3)23)5-11-9(2)17(24)30-16(11)22(8,27)31-20/h6,11-17,24,26-27H,2,5,7H2,1,3-4H3/t11-,12+,13+,14+,15+,16-,17-,19+,20?,21-,22-/m1/s1. The second-order valence-electron chi connectivity index (χ2n) is 10.2. The van der Waals surface area contributed by atoms with Crippen LogP contribution in [0, 0.1) is 23.2 Å². The van der Waals surface area contributed by atoms with Crippen LogP contribution in [-0.4, -0.2) is 68.8 Å². The molecule has 9 nitrogen and oxygen atoms in total. The van der Waals surface area contributed by atoms with Crippen LogP contribution in [0.4, 0.5) is 0 Å². The van der Waals surface area contributed by atoms with Crippen molar-refractivity contribution in [3.63, 3.8) is 0 Å². The van der Waals surface area contributed by atoms with Crippen LogP contribution in [0.25, 0.3) is 0 Å². The fourth-order valence-electron chi connectivity index (χ4n) is 7.74. The molecule has 3 saturated heterocycles. The van der Waals surface area contributed by atoms with Gasteiger partial charge >= 0.3 is 11.9 Å². The maximum atomic E-state index is 13.5. The van der Waals surface area contributed by atoms with E-state index in [9.17, 15) is 24.9 Å². The van der Waals surface area contributed by atoms with Crippen LogP contribution < -0.4 is 0 Å². The number of ether oxygens (including phenoxy) is 4. The minimum Gasteiger partial charge on any atom is -0.461 e. The number of hydrogen-bond donors (Lipinski definition) is 3. The molecule has 6 aliphatic rings. The molecular weight excluding hydrogens is 408 g/mol. The summed E-state index contributed by atoms with van der Waals surface area (Å²) in [6, 6.07) is 0. The molecule has 0 amide bonds. The fourth-order valence-corrected chi connectivity index (χ4v) is 7.74. The maximum absolute atomic E-state index is 13.5. The van der Waals surface area contributed by atoms with Gasteiger partial charge in [0.15, 0.2) is 6.29 Å². The zero-order chi connectivity index (χ0) is 22.3. The maximum Gasteiger partial charge on any atom is 0.319 e. The third-order valence-electron chi connectivity index (χ3n) is 8.70. The molecule has 1 unspecified atom stereocenters. The fraction of sp³-hybridized carbons (Fsp3) is 0.727. The molecule has 11 atom stereocenters. The van der Waals surface area contributed by atoms with E-state index in [-0.39, 0.29) is 12.8 Å². The SMILES string of the molecule is C=C1[C@H](O)O[C@@H]2[C@@H]1C[C@H](OC(C)=O)[C@]13C(=O)O[C@H]4C[C@](C)(O)[C@H]([C@H]41)C31C=C(C)[C@@]2(O)O1. The van der Waals surface area contributed by atoms with Crippen molar-refractivity contribution in [3.05, 3.63) is 23.8 Å². The average Bonchev–Trinajstić information content (AvgIpc) is 3.24. The lowest BCUT2D eigenvalue weighted by atomic mass is 9.41. The van der Waals surface area contributed by atoms with Crippen molar-refractivity contribution in [2.45, 2.75) is 75.2 Å². The van der Waals surface area contributed by atoms with Crippen LogP contribution in [0.2, 0.25) is 0 Å². The van der Waals surface area contributed by atoms with Crippen molar-refractivity contribution in [2.24, 2.45) is 23.2 Å². The summed E-state index contributed by atoms with van der Waals surface area (Å²) in [5.74, 6) is -4.70. The van der Waals surface area contributed by atoms with Gasteiger partial charge in [-0.15, -0.1) is 0 Å². The quantitative estimate of drug-likeness (QED) is 0.383. The summed E-state index contributed by atoms with van der Waals surface area (Å²) in [6.07, 6.45) is -1.85. The van der Waals surface area contributed by atoms with Crippen LogP contribution in [0.1, 0.15) is 33.6 Å². The molecule has 5 fully saturated rings. The molecule has 0 aromatic heterocycles. The number of aliphatic hydroxyl groups excluding tert-OH is 1. The Kier molecular flexibility index (Phi) is 3.46. The van der Waals surface area contributed by atoms with E-state index in [2.05, 4.69) is 6.58 Å². The molecule has 2 bridgehead atoms. The van der Waals surface area contributed by atoms with Crippen LogP contribution in [0.15, 0.2) is 23.8 Å². The normalized spacial score (nSPS) is 58.4. The molecule has 2 saturated carbocycles. The Morgan fingerprint density at radius 1 is 1.35 bits per heavy atom. The topological polar surface area (TPSA) is 132 Å². The smallest absolute Gasteiger partial charge is 0.319 e. The summed E-state index contributed by atoms with van der Waals surface area (Å²) in [5.41, 5.74) is -3.35. The van der Waals surface area contributed by atoms with E-state index in [1.165, 1.54) is 6.92 Å². The van der Waals surface area contributed by atoms with Crippen LogP contribution in [-0.2, 0) is 28.5 Å². The van der Waals surface area contributed by atoms with Gasteiger partial charge < -0.3 is 34.3 Å². The van der Waals surface area contributed by atoms with Gasteiger partial charge in [0.25, 0.3) is 0 Å². The van der Waals surface area contributed by atoms with E-state index in [4.69, 9.17) is 18.9 Å². The van der Waals surface area contributed by atoms with Gasteiger partial charge in [0.1, 0.15) is 29.3 Å². The number of hydrogen-bond acceptors (Lipinski definition) is 9. The lowest BCUT2D eigenvalue weighted by Crippen LogP contribution is -2.79. The summed E-state index contributed by atoms with van der Waals surface area (Å²) in [4.78, 5) is 25.6. The molecule has 0 radical (unpaired) electrons. The predicted molar refractivity (Wildman–Crippen MR) is 101 cm³/mol. The molecule has 2 aliphatic carbocycles. The van der Waals surface area contributed by atoms with E-state index in [1.54, 1.807) is 19.9 Å². The second-order valence-corrected chi connectivity index (χ2v) is 10.2. The zero-order valence-corrected chi connectivity index (χ0v) is 17.5. The van der Waals surface area contributed by atoms with Gasteiger partial charge in [-0.2, -0.15) is 0 Å². The number of carbonyl (C=O) groups is 2. The summed E-state index contributed by atoms with van der Waals surface area (Å²) < 4.78 is 23.5. The molecule has 4 heterocycles. The molecule has 3 N–H and O–H groups in total. The summed E-state index contributed by atoms with van der Waals surface area (Å²) in [7, 11) is 0. The molecule has 4 aliphatic heterocycles. The first-order valence-corrected chi connectivity index (χ1v) is 10.7. The lowest BCUT2D eigenvalue weighted by molar-refractivity contribution is -0.371. The first-order chi connectivity index (χ1) is 14.4. The Bertz CT molecular complexity index is 970. The van der Waals surface area contributed by atoms with Gasteiger partial charge in [0.05, 0.1) is 5.60 Å². The molecule has 9 heteroatoms.